The van der Waals surface area contributed by atoms with Gasteiger partial charge in [-0.1, -0.05) is 0 Å². The van der Waals surface area contributed by atoms with Gasteiger partial charge >= 0.3 is 0 Å². The first-order valence-electron chi connectivity index (χ1n) is 7.86. The summed E-state index contributed by atoms with van der Waals surface area (Å²) in [5, 5.41) is 3.77. The highest BCUT2D eigenvalue weighted by molar-refractivity contribution is 9.10. The lowest BCUT2D eigenvalue weighted by Crippen LogP contribution is -2.22. The van der Waals surface area contributed by atoms with Crippen LogP contribution < -0.4 is 14.8 Å². The lowest BCUT2D eigenvalue weighted by Gasteiger charge is -2.14. The van der Waals surface area contributed by atoms with Gasteiger partial charge in [0.1, 0.15) is 0 Å². The molecule has 0 aromatic heterocycles. The summed E-state index contributed by atoms with van der Waals surface area (Å²) in [6.07, 6.45) is 4.47. The number of methoxy groups -OCH3 is 2. The van der Waals surface area contributed by atoms with Crippen molar-refractivity contribution in [2.45, 2.75) is 31.8 Å². The number of rotatable bonds is 5. The largest absolute Gasteiger partial charge is 0.493 e. The van der Waals surface area contributed by atoms with Crippen LogP contribution in [0.15, 0.2) is 16.6 Å². The van der Waals surface area contributed by atoms with E-state index >= 15 is 0 Å². The minimum Gasteiger partial charge on any atom is -0.493 e. The molecule has 1 aromatic carbocycles. The highest BCUT2D eigenvalue weighted by Gasteiger charge is 2.64. The zero-order valence-corrected chi connectivity index (χ0v) is 14.2. The summed E-state index contributed by atoms with van der Waals surface area (Å²) < 4.78 is 11.7. The molecule has 0 radical (unpaired) electrons. The molecular formula is C17H22BrNO2. The monoisotopic (exact) mass is 351 g/mol. The average molecular weight is 352 g/mol. The summed E-state index contributed by atoms with van der Waals surface area (Å²) in [7, 11) is 3.35. The van der Waals surface area contributed by atoms with Crippen molar-refractivity contribution in [3.63, 3.8) is 0 Å². The van der Waals surface area contributed by atoms with Gasteiger partial charge in [0.15, 0.2) is 11.5 Å². The first-order chi connectivity index (χ1) is 10.2. The smallest absolute Gasteiger partial charge is 0.174 e. The molecule has 0 saturated heterocycles. The van der Waals surface area contributed by atoms with Crippen molar-refractivity contribution in [2.75, 3.05) is 14.2 Å². The standard InChI is InChI=1S/C17H22BrNO2/c1-20-13-6-9(5-12(18)17(13)21-2)8-19-16-14-10-3-4-11(7-10)15(14)16/h5-6,10-11,14-16,19H,3-4,7-8H2,1-2H3. The van der Waals surface area contributed by atoms with E-state index in [0.29, 0.717) is 0 Å². The van der Waals surface area contributed by atoms with Gasteiger partial charge < -0.3 is 14.8 Å². The first-order valence-corrected chi connectivity index (χ1v) is 8.66. The van der Waals surface area contributed by atoms with Crippen molar-refractivity contribution in [2.24, 2.45) is 23.7 Å². The van der Waals surface area contributed by atoms with Gasteiger partial charge in [-0.05, 0) is 76.6 Å². The lowest BCUT2D eigenvalue weighted by atomic mass is 10.0. The molecule has 3 aliphatic rings. The zero-order chi connectivity index (χ0) is 14.6. The summed E-state index contributed by atoms with van der Waals surface area (Å²) in [6, 6.07) is 4.97. The van der Waals surface area contributed by atoms with Crippen LogP contribution in [0.4, 0.5) is 0 Å². The molecule has 4 rings (SSSR count). The summed E-state index contributed by atoms with van der Waals surface area (Å²) in [5.41, 5.74) is 1.25. The third-order valence-electron chi connectivity index (χ3n) is 5.77. The molecule has 21 heavy (non-hydrogen) atoms. The van der Waals surface area contributed by atoms with Gasteiger partial charge in [0.05, 0.1) is 18.7 Å². The number of ether oxygens (including phenoxy) is 2. The van der Waals surface area contributed by atoms with Crippen LogP contribution in [-0.4, -0.2) is 20.3 Å². The second-order valence-corrected chi connectivity index (χ2v) is 7.56. The van der Waals surface area contributed by atoms with Crippen LogP contribution in [-0.2, 0) is 6.54 Å². The van der Waals surface area contributed by atoms with E-state index < -0.39 is 0 Å². The highest BCUT2D eigenvalue weighted by atomic mass is 79.9. The molecule has 2 bridgehead atoms. The Hall–Kier alpha value is -0.740. The van der Waals surface area contributed by atoms with Crippen LogP contribution in [0.25, 0.3) is 0 Å². The molecule has 0 heterocycles. The van der Waals surface area contributed by atoms with Gasteiger partial charge in [-0.25, -0.2) is 0 Å². The average Bonchev–Trinajstić information content (AvgIpc) is 2.87. The molecule has 1 N–H and O–H groups in total. The molecule has 4 unspecified atom stereocenters. The maximum atomic E-state index is 5.42. The first kappa shape index (κ1) is 13.9. The molecule has 0 spiro atoms. The maximum absolute atomic E-state index is 5.42. The molecule has 4 atom stereocenters. The molecular weight excluding hydrogens is 330 g/mol. The summed E-state index contributed by atoms with van der Waals surface area (Å²) >= 11 is 3.57. The van der Waals surface area contributed by atoms with E-state index in [4.69, 9.17) is 9.47 Å². The van der Waals surface area contributed by atoms with Crippen LogP contribution in [0, 0.1) is 23.7 Å². The molecule has 3 nitrogen and oxygen atoms in total. The molecule has 0 aliphatic heterocycles. The molecule has 3 saturated carbocycles. The van der Waals surface area contributed by atoms with Gasteiger partial charge in [-0.15, -0.1) is 0 Å². The molecule has 0 amide bonds. The van der Waals surface area contributed by atoms with Gasteiger partial charge in [0, 0.05) is 12.6 Å². The number of hydrogen-bond acceptors (Lipinski definition) is 3. The van der Waals surface area contributed by atoms with Gasteiger partial charge in [0.25, 0.3) is 0 Å². The van der Waals surface area contributed by atoms with E-state index in [1.165, 1.54) is 24.8 Å². The molecule has 114 valence electrons. The number of fused-ring (bicyclic) bond motifs is 5. The van der Waals surface area contributed by atoms with Crippen LogP contribution >= 0.6 is 15.9 Å². The Bertz CT molecular complexity index is 546. The quantitative estimate of drug-likeness (QED) is 0.878. The number of benzene rings is 1. The molecule has 3 fully saturated rings. The maximum Gasteiger partial charge on any atom is 0.174 e. The normalized spacial score (nSPS) is 35.7. The van der Waals surface area contributed by atoms with Crippen molar-refractivity contribution in [3.8, 4) is 11.5 Å². The van der Waals surface area contributed by atoms with Crippen LogP contribution in [0.1, 0.15) is 24.8 Å². The molecule has 1 aromatic rings. The minimum atomic E-state index is 0.766. The topological polar surface area (TPSA) is 30.5 Å². The third kappa shape index (κ3) is 2.18. The summed E-state index contributed by atoms with van der Waals surface area (Å²) in [5.74, 6) is 5.56. The van der Waals surface area contributed by atoms with E-state index in [1.54, 1.807) is 14.2 Å². The van der Waals surface area contributed by atoms with Crippen molar-refractivity contribution < 1.29 is 9.47 Å². The summed E-state index contributed by atoms with van der Waals surface area (Å²) in [6.45, 7) is 0.913. The van der Waals surface area contributed by atoms with Gasteiger partial charge in [0.2, 0.25) is 0 Å². The Balaban J connectivity index is 1.43. The second-order valence-electron chi connectivity index (χ2n) is 6.71. The Morgan fingerprint density at radius 2 is 1.86 bits per heavy atom. The SMILES string of the molecule is COc1cc(CNC2C3C4CCC(C4)C23)cc(Br)c1OC. The Morgan fingerprint density at radius 1 is 1.14 bits per heavy atom. The fourth-order valence-electron chi connectivity index (χ4n) is 4.91. The predicted molar refractivity (Wildman–Crippen MR) is 85.7 cm³/mol. The van der Waals surface area contributed by atoms with E-state index in [9.17, 15) is 0 Å². The number of hydrogen-bond donors (Lipinski definition) is 1. The third-order valence-corrected chi connectivity index (χ3v) is 6.36. The Labute approximate surface area is 134 Å². The Kier molecular flexibility index (Phi) is 3.42. The fourth-order valence-corrected chi connectivity index (χ4v) is 5.56. The minimum absolute atomic E-state index is 0.766. The van der Waals surface area contributed by atoms with Crippen molar-refractivity contribution in [1.29, 1.82) is 0 Å². The number of halogens is 1. The van der Waals surface area contributed by atoms with E-state index in [-0.39, 0.29) is 0 Å². The van der Waals surface area contributed by atoms with Crippen molar-refractivity contribution >= 4 is 15.9 Å². The van der Waals surface area contributed by atoms with Crippen molar-refractivity contribution in [1.82, 2.24) is 5.32 Å². The van der Waals surface area contributed by atoms with E-state index in [2.05, 4.69) is 33.4 Å². The fraction of sp³-hybridized carbons (Fsp3) is 0.647. The zero-order valence-electron chi connectivity index (χ0n) is 12.6. The number of nitrogens with one attached hydrogen (secondary N) is 1. The van der Waals surface area contributed by atoms with Gasteiger partial charge in [-0.2, -0.15) is 0 Å². The van der Waals surface area contributed by atoms with Crippen molar-refractivity contribution in [3.05, 3.63) is 22.2 Å². The van der Waals surface area contributed by atoms with E-state index in [0.717, 1.165) is 52.2 Å². The van der Waals surface area contributed by atoms with Gasteiger partial charge in [-0.3, -0.25) is 0 Å². The molecule has 3 aliphatic carbocycles. The van der Waals surface area contributed by atoms with Crippen LogP contribution in [0.3, 0.4) is 0 Å². The second kappa shape index (κ2) is 5.17. The lowest BCUT2D eigenvalue weighted by molar-refractivity contribution is 0.352. The van der Waals surface area contributed by atoms with Crippen LogP contribution in [0.5, 0.6) is 11.5 Å². The highest BCUT2D eigenvalue weighted by Crippen LogP contribution is 2.65. The van der Waals surface area contributed by atoms with Crippen LogP contribution in [0.2, 0.25) is 0 Å². The Morgan fingerprint density at radius 3 is 2.48 bits per heavy atom. The summed E-state index contributed by atoms with van der Waals surface area (Å²) in [4.78, 5) is 0. The molecule has 4 heteroatoms. The predicted octanol–water partition coefficient (Wildman–Crippen LogP) is 3.60. The van der Waals surface area contributed by atoms with E-state index in [1.807, 2.05) is 0 Å².